The van der Waals surface area contributed by atoms with Gasteiger partial charge in [-0.25, -0.2) is 0 Å². The summed E-state index contributed by atoms with van der Waals surface area (Å²) in [4.78, 5) is 40.8. The quantitative estimate of drug-likeness (QED) is 0.305. The van der Waals surface area contributed by atoms with Gasteiger partial charge in [-0.3, -0.25) is 19.3 Å². The van der Waals surface area contributed by atoms with Crippen LogP contribution in [0.1, 0.15) is 50.3 Å². The van der Waals surface area contributed by atoms with Gasteiger partial charge in [-0.2, -0.15) is 0 Å². The first-order valence-corrected chi connectivity index (χ1v) is 12.2. The highest BCUT2D eigenvalue weighted by atomic mass is 16.5. The second-order valence-corrected chi connectivity index (χ2v) is 11.6. The van der Waals surface area contributed by atoms with E-state index in [0.29, 0.717) is 16.9 Å². The van der Waals surface area contributed by atoms with E-state index in [4.69, 9.17) is 10.5 Å². The molecule has 4 rings (SSSR count). The van der Waals surface area contributed by atoms with Gasteiger partial charge in [-0.1, -0.05) is 27.7 Å². The summed E-state index contributed by atoms with van der Waals surface area (Å²) in [6.07, 6.45) is -1.67. The van der Waals surface area contributed by atoms with E-state index in [1.165, 1.54) is 26.1 Å². The molecule has 11 heteroatoms. The lowest BCUT2D eigenvalue weighted by Crippen LogP contribution is -2.70. The maximum Gasteiger partial charge on any atom is 0.255 e. The second-order valence-electron chi connectivity index (χ2n) is 11.6. The number of aromatic hydroxyl groups is 1. The molecule has 0 bridgehead atoms. The maximum atomic E-state index is 14.1. The van der Waals surface area contributed by atoms with Crippen LogP contribution in [0.5, 0.6) is 11.5 Å². The van der Waals surface area contributed by atoms with Gasteiger partial charge >= 0.3 is 0 Å². The Labute approximate surface area is 219 Å². The Bertz CT molecular complexity index is 1340. The van der Waals surface area contributed by atoms with E-state index in [1.54, 1.807) is 13.0 Å². The van der Waals surface area contributed by atoms with E-state index >= 15 is 0 Å². The number of amides is 1. The molecule has 0 spiro atoms. The third-order valence-electron chi connectivity index (χ3n) is 8.21. The molecule has 38 heavy (non-hydrogen) atoms. The van der Waals surface area contributed by atoms with Gasteiger partial charge < -0.3 is 36.0 Å². The molecule has 206 valence electrons. The number of benzene rings is 1. The third kappa shape index (κ3) is 3.35. The number of ether oxygens (including phenoxy) is 1. The van der Waals surface area contributed by atoms with Crippen LogP contribution >= 0.6 is 0 Å². The minimum atomic E-state index is -2.95. The second kappa shape index (κ2) is 8.55. The zero-order valence-corrected chi connectivity index (χ0v) is 22.4. The first-order valence-electron chi connectivity index (χ1n) is 12.2. The SMILES string of the molecule is COc1cc(C(C)(C)C)c(O)c2c1C(C)C1C(=C2O)C(=O)C2(O)C(O)=C(C(N)=O)C(=O)C(N(C)C)C2C1O. The number of Topliss-reactive ketones (excluding diaryl/α,β-unsaturated/α-hetero) is 2. The van der Waals surface area contributed by atoms with Crippen molar-refractivity contribution in [3.05, 3.63) is 39.7 Å². The van der Waals surface area contributed by atoms with Gasteiger partial charge in [0.2, 0.25) is 5.78 Å². The van der Waals surface area contributed by atoms with Crippen LogP contribution in [0, 0.1) is 11.8 Å². The molecule has 0 saturated heterocycles. The molecule has 0 heterocycles. The fraction of sp³-hybridized carbons (Fsp3) is 0.519. The Balaban J connectivity index is 2.11. The van der Waals surface area contributed by atoms with Crippen LogP contribution < -0.4 is 10.5 Å². The summed E-state index contributed by atoms with van der Waals surface area (Å²) in [5.74, 6) is -9.00. The van der Waals surface area contributed by atoms with Gasteiger partial charge in [-0.05, 0) is 31.5 Å². The number of fused-ring (bicyclic) bond motifs is 3. The summed E-state index contributed by atoms with van der Waals surface area (Å²) in [5.41, 5.74) is 1.05. The van der Waals surface area contributed by atoms with Crippen LogP contribution in [-0.4, -0.2) is 86.9 Å². The van der Waals surface area contributed by atoms with Gasteiger partial charge in [0.25, 0.3) is 5.91 Å². The molecule has 1 amide bonds. The number of methoxy groups -OCH3 is 1. The van der Waals surface area contributed by atoms with Crippen LogP contribution in [0.4, 0.5) is 0 Å². The predicted molar refractivity (Wildman–Crippen MR) is 136 cm³/mol. The number of rotatable bonds is 3. The zero-order valence-electron chi connectivity index (χ0n) is 22.4. The number of carbonyl (C=O) groups excluding carboxylic acids is 3. The van der Waals surface area contributed by atoms with E-state index in [0.717, 1.165) is 0 Å². The highest BCUT2D eigenvalue weighted by molar-refractivity contribution is 6.24. The van der Waals surface area contributed by atoms with Gasteiger partial charge in [0, 0.05) is 22.6 Å². The summed E-state index contributed by atoms with van der Waals surface area (Å²) in [5, 5.41) is 57.2. The van der Waals surface area contributed by atoms with Crippen molar-refractivity contribution >= 4 is 23.2 Å². The lowest BCUT2D eigenvalue weighted by atomic mass is 9.54. The molecule has 1 saturated carbocycles. The number of nitrogens with zero attached hydrogens (tertiary/aromatic N) is 1. The molecule has 0 aliphatic heterocycles. The van der Waals surface area contributed by atoms with Gasteiger partial charge in [0.1, 0.15) is 28.6 Å². The van der Waals surface area contributed by atoms with Crippen molar-refractivity contribution in [2.75, 3.05) is 21.2 Å². The molecular formula is C27H34N2O9. The Morgan fingerprint density at radius 1 is 1.16 bits per heavy atom. The van der Waals surface area contributed by atoms with Crippen LogP contribution in [0.15, 0.2) is 23.0 Å². The number of hydrogen-bond donors (Lipinski definition) is 6. The molecule has 0 radical (unpaired) electrons. The topological polar surface area (TPSA) is 191 Å². The van der Waals surface area contributed by atoms with Crippen molar-refractivity contribution in [3.63, 3.8) is 0 Å². The van der Waals surface area contributed by atoms with E-state index in [1.807, 2.05) is 20.8 Å². The summed E-state index contributed by atoms with van der Waals surface area (Å²) in [6.45, 7) is 7.18. The molecule has 11 nitrogen and oxygen atoms in total. The molecule has 1 aromatic rings. The third-order valence-corrected chi connectivity index (χ3v) is 8.21. The van der Waals surface area contributed by atoms with Gasteiger partial charge in [0.15, 0.2) is 11.4 Å². The van der Waals surface area contributed by atoms with Crippen LogP contribution in [-0.2, 0) is 19.8 Å². The maximum absolute atomic E-state index is 14.1. The fourth-order valence-electron chi connectivity index (χ4n) is 6.46. The molecule has 3 aliphatic rings. The minimum absolute atomic E-state index is 0.0923. The van der Waals surface area contributed by atoms with Crippen molar-refractivity contribution < 1.29 is 44.7 Å². The number of likely N-dealkylation sites (N-methyl/N-ethyl adjacent to an activating group) is 1. The van der Waals surface area contributed by atoms with Gasteiger partial charge in [-0.15, -0.1) is 0 Å². The summed E-state index contributed by atoms with van der Waals surface area (Å²) in [6, 6.07) is 0.227. The molecule has 1 fully saturated rings. The molecule has 6 unspecified atom stereocenters. The molecule has 7 N–H and O–H groups in total. The Hall–Kier alpha value is -3.41. The standard InChI is InChI=1S/C27H34N2O9/c1-9-12-11(38-7)8-10(26(2,3)4)19(30)14(12)20(31)15-13(9)21(32)17-18(29(5)6)22(33)16(25(28)36)24(35)27(17,37)23(15)34/h8-9,13,17-18,21,30-32,35,37H,1-7H3,(H2,28,36). The normalized spacial score (nSPS) is 31.3. The summed E-state index contributed by atoms with van der Waals surface area (Å²) < 4.78 is 5.60. The first-order chi connectivity index (χ1) is 17.4. The highest BCUT2D eigenvalue weighted by Gasteiger charge is 2.68. The van der Waals surface area contributed by atoms with Crippen molar-refractivity contribution in [1.82, 2.24) is 4.90 Å². The Morgan fingerprint density at radius 2 is 1.74 bits per heavy atom. The smallest absolute Gasteiger partial charge is 0.255 e. The molecule has 3 aliphatic carbocycles. The van der Waals surface area contributed by atoms with Crippen molar-refractivity contribution in [1.29, 1.82) is 0 Å². The van der Waals surface area contributed by atoms with E-state index in [-0.39, 0.29) is 11.3 Å². The average molecular weight is 531 g/mol. The number of ketones is 2. The summed E-state index contributed by atoms with van der Waals surface area (Å²) in [7, 11) is 4.33. The first kappa shape index (κ1) is 27.6. The highest BCUT2D eigenvalue weighted by Crippen LogP contribution is 2.58. The number of nitrogens with two attached hydrogens (primary N) is 1. The Kier molecular flexibility index (Phi) is 6.22. The lowest BCUT2D eigenvalue weighted by Gasteiger charge is -2.53. The molecule has 1 aromatic carbocycles. The minimum Gasteiger partial charge on any atom is -0.508 e. The molecule has 6 atom stereocenters. The average Bonchev–Trinajstić information content (AvgIpc) is 2.80. The van der Waals surface area contributed by atoms with E-state index in [2.05, 4.69) is 0 Å². The number of phenols is 1. The molecule has 0 aromatic heterocycles. The number of primary amides is 1. The van der Waals surface area contributed by atoms with Crippen LogP contribution in [0.2, 0.25) is 0 Å². The fourth-order valence-corrected chi connectivity index (χ4v) is 6.46. The van der Waals surface area contributed by atoms with E-state index in [9.17, 15) is 39.9 Å². The number of phenolic OH excluding ortho intramolecular Hbond substituents is 1. The number of aliphatic hydroxyl groups excluding tert-OH is 3. The zero-order chi connectivity index (χ0) is 28.8. The van der Waals surface area contributed by atoms with Crippen molar-refractivity contribution in [3.8, 4) is 11.5 Å². The van der Waals surface area contributed by atoms with Crippen molar-refractivity contribution in [2.24, 2.45) is 17.6 Å². The van der Waals surface area contributed by atoms with Crippen LogP contribution in [0.3, 0.4) is 0 Å². The number of carbonyl (C=O) groups is 3. The largest absolute Gasteiger partial charge is 0.508 e. The predicted octanol–water partition coefficient (Wildman–Crippen LogP) is 0.802. The lowest BCUT2D eigenvalue weighted by molar-refractivity contribution is -0.169. The van der Waals surface area contributed by atoms with Crippen LogP contribution in [0.25, 0.3) is 5.76 Å². The Morgan fingerprint density at radius 3 is 2.21 bits per heavy atom. The van der Waals surface area contributed by atoms with Crippen molar-refractivity contribution in [2.45, 2.75) is 56.8 Å². The number of hydrogen-bond acceptors (Lipinski definition) is 10. The van der Waals surface area contributed by atoms with E-state index < -0.39 is 81.1 Å². The monoisotopic (exact) mass is 530 g/mol. The summed E-state index contributed by atoms with van der Waals surface area (Å²) >= 11 is 0. The van der Waals surface area contributed by atoms with Gasteiger partial charge in [0.05, 0.1) is 30.7 Å². The molecular weight excluding hydrogens is 496 g/mol. The number of aliphatic hydroxyl groups is 4.